The predicted molar refractivity (Wildman–Crippen MR) is 74.4 cm³/mol. The van der Waals surface area contributed by atoms with Crippen LogP contribution >= 0.6 is 0 Å². The Hall–Kier alpha value is -1.22. The molecule has 1 aliphatic heterocycles. The number of likely N-dealkylation sites (tertiary alicyclic amines) is 1. The Balaban J connectivity index is 1.84. The summed E-state index contributed by atoms with van der Waals surface area (Å²) < 4.78 is 0. The SMILES string of the molecule is CN(CCN1CCCCC1)c1ccccc1N. The van der Waals surface area contributed by atoms with Gasteiger partial charge in [0.05, 0.1) is 11.4 Å². The molecule has 0 spiro atoms. The average Bonchev–Trinajstić information content (AvgIpc) is 2.38. The Bertz CT molecular complexity index is 345. The standard InChI is InChI=1S/C14H23N3/c1-16(14-8-4-3-7-13(14)15)11-12-17-9-5-2-6-10-17/h3-4,7-8H,2,5-6,9-12,15H2,1H3. The molecule has 1 saturated heterocycles. The quantitative estimate of drug-likeness (QED) is 0.809. The maximum absolute atomic E-state index is 5.97. The highest BCUT2D eigenvalue weighted by Gasteiger charge is 2.11. The number of rotatable bonds is 4. The van der Waals surface area contributed by atoms with Crippen LogP contribution in [0.5, 0.6) is 0 Å². The van der Waals surface area contributed by atoms with Gasteiger partial charge in [-0.2, -0.15) is 0 Å². The van der Waals surface area contributed by atoms with Gasteiger partial charge in [-0.3, -0.25) is 0 Å². The Morgan fingerprint density at radius 1 is 1.18 bits per heavy atom. The molecule has 0 aliphatic carbocycles. The van der Waals surface area contributed by atoms with Crippen LogP contribution in [-0.4, -0.2) is 38.1 Å². The van der Waals surface area contributed by atoms with E-state index in [0.717, 1.165) is 24.5 Å². The zero-order valence-electron chi connectivity index (χ0n) is 10.7. The lowest BCUT2D eigenvalue weighted by molar-refractivity contribution is 0.234. The molecule has 17 heavy (non-hydrogen) atoms. The van der Waals surface area contributed by atoms with Crippen LogP contribution in [0.15, 0.2) is 24.3 Å². The first-order valence-corrected chi connectivity index (χ1v) is 6.55. The highest BCUT2D eigenvalue weighted by Crippen LogP contribution is 2.20. The molecule has 0 amide bonds. The Morgan fingerprint density at radius 3 is 2.59 bits per heavy atom. The van der Waals surface area contributed by atoms with Crippen molar-refractivity contribution in [2.45, 2.75) is 19.3 Å². The van der Waals surface area contributed by atoms with E-state index in [-0.39, 0.29) is 0 Å². The molecule has 2 rings (SSSR count). The molecule has 0 radical (unpaired) electrons. The van der Waals surface area contributed by atoms with Gasteiger partial charge in [0.2, 0.25) is 0 Å². The minimum Gasteiger partial charge on any atom is -0.397 e. The number of nitrogens with zero attached hydrogens (tertiary/aromatic N) is 2. The van der Waals surface area contributed by atoms with Crippen LogP contribution in [-0.2, 0) is 0 Å². The van der Waals surface area contributed by atoms with Crippen LogP contribution in [0.4, 0.5) is 11.4 Å². The van der Waals surface area contributed by atoms with E-state index in [2.05, 4.69) is 22.9 Å². The maximum Gasteiger partial charge on any atom is 0.0597 e. The van der Waals surface area contributed by atoms with Crippen molar-refractivity contribution in [2.24, 2.45) is 0 Å². The molecule has 3 nitrogen and oxygen atoms in total. The van der Waals surface area contributed by atoms with E-state index in [1.165, 1.54) is 32.4 Å². The second-order valence-electron chi connectivity index (χ2n) is 4.88. The van der Waals surface area contributed by atoms with Crippen LogP contribution < -0.4 is 10.6 Å². The second-order valence-corrected chi connectivity index (χ2v) is 4.88. The van der Waals surface area contributed by atoms with E-state index in [9.17, 15) is 0 Å². The summed E-state index contributed by atoms with van der Waals surface area (Å²) in [6, 6.07) is 8.08. The molecule has 1 heterocycles. The molecule has 3 heteroatoms. The number of hydrogen-bond donors (Lipinski definition) is 1. The number of benzene rings is 1. The summed E-state index contributed by atoms with van der Waals surface area (Å²) in [6.45, 7) is 4.72. The third-order valence-electron chi connectivity index (χ3n) is 3.55. The molecular formula is C14H23N3. The van der Waals surface area contributed by atoms with E-state index < -0.39 is 0 Å². The van der Waals surface area contributed by atoms with Crippen molar-refractivity contribution < 1.29 is 0 Å². The Labute approximate surface area is 104 Å². The molecular weight excluding hydrogens is 210 g/mol. The number of piperidine rings is 1. The topological polar surface area (TPSA) is 32.5 Å². The van der Waals surface area contributed by atoms with Gasteiger partial charge in [0.1, 0.15) is 0 Å². The summed E-state index contributed by atoms with van der Waals surface area (Å²) in [5.41, 5.74) is 7.99. The monoisotopic (exact) mass is 233 g/mol. The van der Waals surface area contributed by atoms with E-state index in [0.29, 0.717) is 0 Å². The van der Waals surface area contributed by atoms with Crippen molar-refractivity contribution in [1.29, 1.82) is 0 Å². The van der Waals surface area contributed by atoms with Gasteiger partial charge in [0, 0.05) is 20.1 Å². The van der Waals surface area contributed by atoms with Crippen LogP contribution in [0.1, 0.15) is 19.3 Å². The van der Waals surface area contributed by atoms with Gasteiger partial charge in [-0.15, -0.1) is 0 Å². The van der Waals surface area contributed by atoms with Crippen LogP contribution in [0.25, 0.3) is 0 Å². The van der Waals surface area contributed by atoms with Crippen molar-refractivity contribution in [3.8, 4) is 0 Å². The average molecular weight is 233 g/mol. The Morgan fingerprint density at radius 2 is 1.88 bits per heavy atom. The van der Waals surface area contributed by atoms with Crippen molar-refractivity contribution in [3.05, 3.63) is 24.3 Å². The van der Waals surface area contributed by atoms with Gasteiger partial charge in [0.25, 0.3) is 0 Å². The molecule has 1 aromatic carbocycles. The number of hydrogen-bond acceptors (Lipinski definition) is 3. The highest BCUT2D eigenvalue weighted by atomic mass is 15.2. The summed E-state index contributed by atoms with van der Waals surface area (Å²) in [7, 11) is 2.12. The lowest BCUT2D eigenvalue weighted by Crippen LogP contribution is -2.36. The minimum absolute atomic E-state index is 0.869. The smallest absolute Gasteiger partial charge is 0.0597 e. The lowest BCUT2D eigenvalue weighted by atomic mass is 10.1. The summed E-state index contributed by atoms with van der Waals surface area (Å²) in [5.74, 6) is 0. The Kier molecular flexibility index (Phi) is 4.26. The molecule has 1 aromatic rings. The first-order chi connectivity index (χ1) is 8.27. The number of nitrogens with two attached hydrogens (primary N) is 1. The molecule has 1 fully saturated rings. The fourth-order valence-electron chi connectivity index (χ4n) is 2.43. The maximum atomic E-state index is 5.97. The normalized spacial score (nSPS) is 17.0. The third-order valence-corrected chi connectivity index (χ3v) is 3.55. The molecule has 1 aliphatic rings. The van der Waals surface area contributed by atoms with Crippen LogP contribution in [0, 0.1) is 0 Å². The van der Waals surface area contributed by atoms with Crippen molar-refractivity contribution in [1.82, 2.24) is 4.90 Å². The van der Waals surface area contributed by atoms with Crippen molar-refractivity contribution in [2.75, 3.05) is 43.9 Å². The first kappa shape index (κ1) is 12.2. The molecule has 0 bridgehead atoms. The predicted octanol–water partition coefficient (Wildman–Crippen LogP) is 2.19. The fourth-order valence-corrected chi connectivity index (χ4v) is 2.43. The summed E-state index contributed by atoms with van der Waals surface area (Å²) in [5, 5.41) is 0. The second kappa shape index (κ2) is 5.92. The zero-order valence-corrected chi connectivity index (χ0v) is 10.7. The molecule has 0 atom stereocenters. The van der Waals surface area contributed by atoms with Gasteiger partial charge in [-0.25, -0.2) is 0 Å². The fraction of sp³-hybridized carbons (Fsp3) is 0.571. The van der Waals surface area contributed by atoms with Crippen molar-refractivity contribution in [3.63, 3.8) is 0 Å². The third kappa shape index (κ3) is 3.37. The van der Waals surface area contributed by atoms with Gasteiger partial charge >= 0.3 is 0 Å². The minimum atomic E-state index is 0.869. The number of likely N-dealkylation sites (N-methyl/N-ethyl adjacent to an activating group) is 1. The van der Waals surface area contributed by atoms with E-state index in [4.69, 9.17) is 5.73 Å². The van der Waals surface area contributed by atoms with Crippen LogP contribution in [0.3, 0.4) is 0 Å². The summed E-state index contributed by atoms with van der Waals surface area (Å²) in [4.78, 5) is 4.81. The first-order valence-electron chi connectivity index (χ1n) is 6.55. The number of para-hydroxylation sites is 2. The molecule has 94 valence electrons. The highest BCUT2D eigenvalue weighted by molar-refractivity contribution is 5.66. The number of anilines is 2. The van der Waals surface area contributed by atoms with Gasteiger partial charge in [0.15, 0.2) is 0 Å². The van der Waals surface area contributed by atoms with E-state index in [1.807, 2.05) is 18.2 Å². The number of nitrogen functional groups attached to an aromatic ring is 1. The lowest BCUT2D eigenvalue weighted by Gasteiger charge is -2.29. The molecule has 0 aromatic heterocycles. The van der Waals surface area contributed by atoms with E-state index in [1.54, 1.807) is 0 Å². The molecule has 0 unspecified atom stereocenters. The van der Waals surface area contributed by atoms with E-state index >= 15 is 0 Å². The van der Waals surface area contributed by atoms with Gasteiger partial charge < -0.3 is 15.5 Å². The van der Waals surface area contributed by atoms with Gasteiger partial charge in [-0.1, -0.05) is 18.6 Å². The van der Waals surface area contributed by atoms with Crippen molar-refractivity contribution >= 4 is 11.4 Å². The largest absolute Gasteiger partial charge is 0.397 e. The summed E-state index contributed by atoms with van der Waals surface area (Å²) in [6.07, 6.45) is 4.12. The van der Waals surface area contributed by atoms with Gasteiger partial charge in [-0.05, 0) is 38.1 Å². The summed E-state index contributed by atoms with van der Waals surface area (Å²) >= 11 is 0. The van der Waals surface area contributed by atoms with Crippen LogP contribution in [0.2, 0.25) is 0 Å². The zero-order chi connectivity index (χ0) is 12.1. The molecule has 2 N–H and O–H groups in total. The molecule has 0 saturated carbocycles.